The van der Waals surface area contributed by atoms with Crippen molar-refractivity contribution in [2.24, 2.45) is 0 Å². The SMILES string of the molecule is O=S(=O)(NCCCN1CCOCC1)c1ccc(-c2ncc(-c3ccccc3)o2)cc1. The van der Waals surface area contributed by atoms with Gasteiger partial charge in [-0.05, 0) is 37.2 Å². The zero-order valence-corrected chi connectivity index (χ0v) is 17.5. The number of benzene rings is 2. The van der Waals surface area contributed by atoms with Gasteiger partial charge in [0, 0.05) is 30.8 Å². The first-order valence-corrected chi connectivity index (χ1v) is 11.5. The minimum absolute atomic E-state index is 0.229. The van der Waals surface area contributed by atoms with Gasteiger partial charge in [-0.25, -0.2) is 18.1 Å². The van der Waals surface area contributed by atoms with E-state index < -0.39 is 10.0 Å². The molecule has 0 radical (unpaired) electrons. The van der Waals surface area contributed by atoms with Crippen LogP contribution < -0.4 is 4.72 Å². The maximum absolute atomic E-state index is 12.5. The molecule has 158 valence electrons. The van der Waals surface area contributed by atoms with Crippen molar-refractivity contribution in [2.45, 2.75) is 11.3 Å². The number of hydrogen-bond acceptors (Lipinski definition) is 6. The third-order valence-corrected chi connectivity index (χ3v) is 6.50. The number of rotatable bonds is 8. The molecule has 0 spiro atoms. The normalized spacial score (nSPS) is 15.3. The fourth-order valence-electron chi connectivity index (χ4n) is 3.34. The Kier molecular flexibility index (Phi) is 6.59. The summed E-state index contributed by atoms with van der Waals surface area (Å²) < 4.78 is 38.9. The van der Waals surface area contributed by atoms with Gasteiger partial charge in [0.25, 0.3) is 0 Å². The average molecular weight is 428 g/mol. The van der Waals surface area contributed by atoms with Crippen LogP contribution in [0.5, 0.6) is 0 Å². The van der Waals surface area contributed by atoms with Crippen LogP contribution in [0.25, 0.3) is 22.8 Å². The molecule has 7 nitrogen and oxygen atoms in total. The maximum atomic E-state index is 12.5. The molecule has 1 N–H and O–H groups in total. The summed E-state index contributed by atoms with van der Waals surface area (Å²) in [7, 11) is -3.54. The lowest BCUT2D eigenvalue weighted by molar-refractivity contribution is 0.0376. The number of hydrogen-bond donors (Lipinski definition) is 1. The quantitative estimate of drug-likeness (QED) is 0.557. The van der Waals surface area contributed by atoms with Gasteiger partial charge in [-0.15, -0.1) is 0 Å². The van der Waals surface area contributed by atoms with Crippen LogP contribution in [0, 0.1) is 0 Å². The summed E-state index contributed by atoms with van der Waals surface area (Å²) in [5.41, 5.74) is 1.67. The molecule has 0 atom stereocenters. The smallest absolute Gasteiger partial charge is 0.240 e. The first-order valence-electron chi connectivity index (χ1n) is 10.0. The minimum Gasteiger partial charge on any atom is -0.436 e. The van der Waals surface area contributed by atoms with Gasteiger partial charge in [0.1, 0.15) is 0 Å². The largest absolute Gasteiger partial charge is 0.436 e. The van der Waals surface area contributed by atoms with E-state index in [4.69, 9.17) is 9.15 Å². The van der Waals surface area contributed by atoms with Crippen molar-refractivity contribution in [3.05, 3.63) is 60.8 Å². The lowest BCUT2D eigenvalue weighted by Crippen LogP contribution is -2.38. The van der Waals surface area contributed by atoms with Gasteiger partial charge < -0.3 is 9.15 Å². The standard InChI is InChI=1S/C22H25N3O4S/c26-30(27,24-11-4-12-25-13-15-28-16-14-25)20-9-7-19(8-10-20)22-23-17-21(29-22)18-5-2-1-3-6-18/h1-3,5-10,17,24H,4,11-16H2. The monoisotopic (exact) mass is 427 g/mol. The van der Waals surface area contributed by atoms with E-state index in [1.54, 1.807) is 30.5 Å². The van der Waals surface area contributed by atoms with E-state index in [0.717, 1.165) is 50.4 Å². The zero-order valence-electron chi connectivity index (χ0n) is 16.7. The number of nitrogens with one attached hydrogen (secondary N) is 1. The van der Waals surface area contributed by atoms with Crippen molar-refractivity contribution in [1.29, 1.82) is 0 Å². The van der Waals surface area contributed by atoms with Gasteiger partial charge in [-0.2, -0.15) is 0 Å². The predicted octanol–water partition coefficient (Wildman–Crippen LogP) is 3.01. The molecular formula is C22H25N3O4S. The van der Waals surface area contributed by atoms with E-state index in [0.29, 0.717) is 18.2 Å². The number of sulfonamides is 1. The Labute approximate surface area is 176 Å². The Morgan fingerprint density at radius 2 is 1.70 bits per heavy atom. The Morgan fingerprint density at radius 1 is 0.967 bits per heavy atom. The highest BCUT2D eigenvalue weighted by atomic mass is 32.2. The maximum Gasteiger partial charge on any atom is 0.240 e. The second-order valence-corrected chi connectivity index (χ2v) is 8.89. The van der Waals surface area contributed by atoms with E-state index in [-0.39, 0.29) is 4.90 Å². The van der Waals surface area contributed by atoms with Crippen LogP contribution in [-0.2, 0) is 14.8 Å². The molecule has 0 bridgehead atoms. The molecule has 8 heteroatoms. The van der Waals surface area contributed by atoms with Crippen molar-refractivity contribution >= 4 is 10.0 Å². The van der Waals surface area contributed by atoms with Crippen LogP contribution in [0.1, 0.15) is 6.42 Å². The fourth-order valence-corrected chi connectivity index (χ4v) is 4.41. The topological polar surface area (TPSA) is 84.7 Å². The van der Waals surface area contributed by atoms with Crippen LogP contribution in [0.15, 0.2) is 70.1 Å². The summed E-state index contributed by atoms with van der Waals surface area (Å²) >= 11 is 0. The molecule has 3 aromatic rings. The fraction of sp³-hybridized carbons (Fsp3) is 0.318. The van der Waals surface area contributed by atoms with Crippen molar-refractivity contribution < 1.29 is 17.6 Å². The van der Waals surface area contributed by atoms with Crippen LogP contribution >= 0.6 is 0 Å². The molecule has 4 rings (SSSR count). The Bertz CT molecular complexity index is 1040. The average Bonchev–Trinajstić information content (AvgIpc) is 3.29. The molecule has 2 aromatic carbocycles. The summed E-state index contributed by atoms with van der Waals surface area (Å²) in [5.74, 6) is 1.13. The summed E-state index contributed by atoms with van der Waals surface area (Å²) in [6.45, 7) is 4.56. The number of aromatic nitrogens is 1. The number of ether oxygens (including phenoxy) is 1. The molecule has 1 aromatic heterocycles. The third kappa shape index (κ3) is 5.14. The van der Waals surface area contributed by atoms with Crippen LogP contribution in [-0.4, -0.2) is 57.7 Å². The highest BCUT2D eigenvalue weighted by molar-refractivity contribution is 7.89. The molecule has 1 aliphatic heterocycles. The lowest BCUT2D eigenvalue weighted by atomic mass is 10.2. The van der Waals surface area contributed by atoms with E-state index in [2.05, 4.69) is 14.6 Å². The second kappa shape index (κ2) is 9.53. The molecule has 2 heterocycles. The summed E-state index contributed by atoms with van der Waals surface area (Å²) in [4.78, 5) is 6.83. The molecule has 0 amide bonds. The van der Waals surface area contributed by atoms with Gasteiger partial charge in [0.05, 0.1) is 24.3 Å². The van der Waals surface area contributed by atoms with E-state index in [9.17, 15) is 8.42 Å². The zero-order chi connectivity index (χ0) is 20.8. The predicted molar refractivity (Wildman–Crippen MR) is 114 cm³/mol. The van der Waals surface area contributed by atoms with Gasteiger partial charge in [0.2, 0.25) is 15.9 Å². The molecule has 0 unspecified atom stereocenters. The number of nitrogens with zero attached hydrogens (tertiary/aromatic N) is 2. The summed E-state index contributed by atoms with van der Waals surface area (Å²) in [5, 5.41) is 0. The minimum atomic E-state index is -3.54. The summed E-state index contributed by atoms with van der Waals surface area (Å²) in [6, 6.07) is 16.3. The molecule has 0 saturated carbocycles. The van der Waals surface area contributed by atoms with Gasteiger partial charge in [-0.1, -0.05) is 30.3 Å². The van der Waals surface area contributed by atoms with Gasteiger partial charge in [0.15, 0.2) is 5.76 Å². The van der Waals surface area contributed by atoms with E-state index in [1.807, 2.05) is 30.3 Å². The Balaban J connectivity index is 1.35. The van der Waals surface area contributed by atoms with E-state index in [1.165, 1.54) is 0 Å². The van der Waals surface area contributed by atoms with E-state index >= 15 is 0 Å². The van der Waals surface area contributed by atoms with Crippen LogP contribution in [0.4, 0.5) is 0 Å². The van der Waals surface area contributed by atoms with Crippen LogP contribution in [0.3, 0.4) is 0 Å². The highest BCUT2D eigenvalue weighted by Crippen LogP contribution is 2.26. The Hall–Kier alpha value is -2.52. The van der Waals surface area contributed by atoms with Crippen molar-refractivity contribution in [3.8, 4) is 22.8 Å². The molecule has 1 fully saturated rings. The first-order chi connectivity index (χ1) is 14.6. The Morgan fingerprint density at radius 3 is 2.43 bits per heavy atom. The van der Waals surface area contributed by atoms with Gasteiger partial charge >= 0.3 is 0 Å². The van der Waals surface area contributed by atoms with Crippen molar-refractivity contribution in [1.82, 2.24) is 14.6 Å². The molecular weight excluding hydrogens is 402 g/mol. The summed E-state index contributed by atoms with van der Waals surface area (Å²) in [6.07, 6.45) is 2.43. The number of morpholine rings is 1. The van der Waals surface area contributed by atoms with Crippen molar-refractivity contribution in [2.75, 3.05) is 39.4 Å². The first kappa shape index (κ1) is 20.7. The number of oxazole rings is 1. The lowest BCUT2D eigenvalue weighted by Gasteiger charge is -2.26. The highest BCUT2D eigenvalue weighted by Gasteiger charge is 2.16. The molecule has 1 aliphatic rings. The van der Waals surface area contributed by atoms with Crippen LogP contribution in [0.2, 0.25) is 0 Å². The molecule has 0 aliphatic carbocycles. The second-order valence-electron chi connectivity index (χ2n) is 7.13. The molecule has 1 saturated heterocycles. The van der Waals surface area contributed by atoms with Gasteiger partial charge in [-0.3, -0.25) is 4.90 Å². The molecule has 30 heavy (non-hydrogen) atoms. The van der Waals surface area contributed by atoms with Crippen molar-refractivity contribution in [3.63, 3.8) is 0 Å². The third-order valence-electron chi connectivity index (χ3n) is 5.02.